The van der Waals surface area contributed by atoms with Crippen LogP contribution in [0.5, 0.6) is 0 Å². The molecule has 0 saturated heterocycles. The molecule has 0 aliphatic carbocycles. The predicted octanol–water partition coefficient (Wildman–Crippen LogP) is 10.8. The average molecular weight is 477 g/mol. The topological polar surface area (TPSA) is 6.48 Å². The van der Waals surface area contributed by atoms with Crippen LogP contribution < -0.4 is 0 Å². The molecule has 1 aliphatic heterocycles. The van der Waals surface area contributed by atoms with E-state index < -0.39 is 0 Å². The highest BCUT2D eigenvalue weighted by Gasteiger charge is 2.24. The molecule has 0 radical (unpaired) electrons. The Kier molecular flexibility index (Phi) is 22.2. The molecule has 34 heavy (non-hydrogen) atoms. The second kappa shape index (κ2) is 24.1. The lowest BCUT2D eigenvalue weighted by Gasteiger charge is -2.33. The zero-order chi connectivity index (χ0) is 24.5. The fourth-order valence-electron chi connectivity index (χ4n) is 5.48. The number of nitrogens with zero attached hydrogens (tertiary/aromatic N) is 2. The molecule has 0 aromatic carbocycles. The van der Waals surface area contributed by atoms with Crippen LogP contribution in [0.15, 0.2) is 12.4 Å². The molecule has 0 fully saturated rings. The summed E-state index contributed by atoms with van der Waals surface area (Å²) in [5.74, 6) is 0. The second-order valence-corrected chi connectivity index (χ2v) is 11.1. The van der Waals surface area contributed by atoms with Gasteiger partial charge in [0.2, 0.25) is 0 Å². The zero-order valence-corrected chi connectivity index (χ0v) is 24.0. The van der Waals surface area contributed by atoms with Crippen molar-refractivity contribution < 1.29 is 0 Å². The molecule has 2 heteroatoms. The van der Waals surface area contributed by atoms with Gasteiger partial charge in [0.25, 0.3) is 0 Å². The van der Waals surface area contributed by atoms with E-state index in [1.54, 1.807) is 0 Å². The van der Waals surface area contributed by atoms with Crippen molar-refractivity contribution >= 4 is 0 Å². The highest BCUT2D eigenvalue weighted by Crippen LogP contribution is 2.24. The van der Waals surface area contributed by atoms with Crippen molar-refractivity contribution in [2.75, 3.05) is 13.1 Å². The molecule has 0 N–H and O–H groups in total. The Morgan fingerprint density at radius 3 is 1.03 bits per heavy atom. The first-order chi connectivity index (χ1) is 16.8. The molecule has 0 saturated carbocycles. The van der Waals surface area contributed by atoms with Gasteiger partial charge in [-0.2, -0.15) is 0 Å². The summed E-state index contributed by atoms with van der Waals surface area (Å²) in [4.78, 5) is 5.38. The summed E-state index contributed by atoms with van der Waals surface area (Å²) < 4.78 is 0. The second-order valence-electron chi connectivity index (χ2n) is 11.1. The fraction of sp³-hybridized carbons (Fsp3) is 0.938. The molecule has 1 rings (SSSR count). The lowest BCUT2D eigenvalue weighted by molar-refractivity contribution is 0.135. The van der Waals surface area contributed by atoms with Gasteiger partial charge >= 0.3 is 0 Å². The van der Waals surface area contributed by atoms with Crippen LogP contribution in [0.25, 0.3) is 0 Å². The van der Waals surface area contributed by atoms with Crippen LogP contribution in [0.2, 0.25) is 0 Å². The van der Waals surface area contributed by atoms with Gasteiger partial charge in [-0.15, -0.1) is 0 Å². The van der Waals surface area contributed by atoms with Gasteiger partial charge in [0.15, 0.2) is 0 Å². The summed E-state index contributed by atoms with van der Waals surface area (Å²) in [6.45, 7) is 9.46. The maximum atomic E-state index is 2.69. The Balaban J connectivity index is 2.24. The molecule has 1 atom stereocenters. The lowest BCUT2D eigenvalue weighted by Crippen LogP contribution is -2.39. The Morgan fingerprint density at radius 1 is 0.382 bits per heavy atom. The van der Waals surface area contributed by atoms with Crippen molar-refractivity contribution in [2.24, 2.45) is 0 Å². The summed E-state index contributed by atoms with van der Waals surface area (Å²) >= 11 is 0. The zero-order valence-electron chi connectivity index (χ0n) is 24.0. The highest BCUT2D eigenvalue weighted by atomic mass is 15.4. The molecule has 0 aromatic heterocycles. The lowest BCUT2D eigenvalue weighted by atomic mass is 10.0. The predicted molar refractivity (Wildman–Crippen MR) is 154 cm³/mol. The van der Waals surface area contributed by atoms with Crippen LogP contribution in [0.3, 0.4) is 0 Å². The Bertz CT molecular complexity index is 433. The van der Waals surface area contributed by atoms with E-state index in [0.29, 0.717) is 6.17 Å². The van der Waals surface area contributed by atoms with Gasteiger partial charge in [-0.25, -0.2) is 0 Å². The van der Waals surface area contributed by atoms with Crippen LogP contribution >= 0.6 is 0 Å². The van der Waals surface area contributed by atoms with E-state index in [1.807, 2.05) is 0 Å². The first-order valence-electron chi connectivity index (χ1n) is 16.0. The first-order valence-corrected chi connectivity index (χ1v) is 16.0. The third-order valence-electron chi connectivity index (χ3n) is 7.82. The first kappa shape index (κ1) is 31.4. The van der Waals surface area contributed by atoms with Gasteiger partial charge in [0.1, 0.15) is 6.17 Å². The Hall–Kier alpha value is -0.660. The van der Waals surface area contributed by atoms with E-state index in [9.17, 15) is 0 Å². The molecule has 0 spiro atoms. The minimum Gasteiger partial charge on any atom is -0.356 e. The van der Waals surface area contributed by atoms with Crippen LogP contribution in [0.4, 0.5) is 0 Å². The molecule has 1 heterocycles. The third kappa shape index (κ3) is 16.9. The number of hydrogen-bond acceptors (Lipinski definition) is 2. The highest BCUT2D eigenvalue weighted by molar-refractivity contribution is 4.97. The molecular weight excluding hydrogens is 412 g/mol. The molecule has 0 amide bonds. The van der Waals surface area contributed by atoms with Crippen molar-refractivity contribution in [2.45, 2.75) is 181 Å². The van der Waals surface area contributed by atoms with Crippen molar-refractivity contribution in [1.29, 1.82) is 0 Å². The van der Waals surface area contributed by atoms with E-state index in [2.05, 4.69) is 43.0 Å². The van der Waals surface area contributed by atoms with Crippen LogP contribution in [0.1, 0.15) is 175 Å². The largest absolute Gasteiger partial charge is 0.356 e. The maximum Gasteiger partial charge on any atom is 0.101 e. The van der Waals surface area contributed by atoms with Crippen LogP contribution in [-0.4, -0.2) is 29.1 Å². The number of unbranched alkanes of at least 4 members (excludes halogenated alkanes) is 20. The summed E-state index contributed by atoms with van der Waals surface area (Å²) in [5, 5.41) is 0. The van der Waals surface area contributed by atoms with Gasteiger partial charge in [-0.1, -0.05) is 149 Å². The molecule has 0 bridgehead atoms. The van der Waals surface area contributed by atoms with Crippen molar-refractivity contribution in [3.8, 4) is 0 Å². The number of hydrogen-bond donors (Lipinski definition) is 0. The van der Waals surface area contributed by atoms with Crippen LogP contribution in [0, 0.1) is 0 Å². The van der Waals surface area contributed by atoms with E-state index >= 15 is 0 Å². The molecule has 2 nitrogen and oxygen atoms in total. The average Bonchev–Trinajstić information content (AvgIpc) is 3.23. The van der Waals surface area contributed by atoms with Gasteiger partial charge in [0, 0.05) is 25.5 Å². The molecule has 0 aromatic rings. The van der Waals surface area contributed by atoms with Gasteiger partial charge in [-0.05, 0) is 25.7 Å². The molecular formula is C32H64N2. The van der Waals surface area contributed by atoms with Gasteiger partial charge < -0.3 is 9.80 Å². The third-order valence-corrected chi connectivity index (χ3v) is 7.82. The molecule has 202 valence electrons. The Labute approximate surface area is 216 Å². The fourth-order valence-corrected chi connectivity index (χ4v) is 5.48. The minimum absolute atomic E-state index is 0.643. The standard InChI is InChI=1S/C32H64N2/c1-4-7-10-13-15-17-19-21-24-27-32-33(28-25-22-12-9-6-3)30-31-34(32)29-26-23-20-18-16-14-11-8-5-2/h30-32H,4-29H2,1-3H3. The van der Waals surface area contributed by atoms with E-state index in [-0.39, 0.29) is 0 Å². The normalized spacial score (nSPS) is 15.7. The Morgan fingerprint density at radius 2 is 0.676 bits per heavy atom. The summed E-state index contributed by atoms with van der Waals surface area (Å²) in [7, 11) is 0. The molecule has 1 aliphatic rings. The molecule has 1 unspecified atom stereocenters. The smallest absolute Gasteiger partial charge is 0.101 e. The van der Waals surface area contributed by atoms with E-state index in [4.69, 9.17) is 0 Å². The van der Waals surface area contributed by atoms with Crippen molar-refractivity contribution in [3.63, 3.8) is 0 Å². The van der Waals surface area contributed by atoms with Crippen molar-refractivity contribution in [3.05, 3.63) is 12.4 Å². The quantitative estimate of drug-likeness (QED) is 0.114. The SMILES string of the molecule is CCCCCCCCCCCC1N(CCCCCCC)C=CN1CCCCCCCCCCC. The summed E-state index contributed by atoms with van der Waals surface area (Å²) in [6.07, 6.45) is 39.5. The summed E-state index contributed by atoms with van der Waals surface area (Å²) in [6, 6.07) is 0. The number of rotatable bonds is 26. The van der Waals surface area contributed by atoms with E-state index in [1.165, 1.54) is 167 Å². The minimum atomic E-state index is 0.643. The summed E-state index contributed by atoms with van der Waals surface area (Å²) in [5.41, 5.74) is 0. The van der Waals surface area contributed by atoms with E-state index in [0.717, 1.165) is 0 Å². The van der Waals surface area contributed by atoms with Gasteiger partial charge in [-0.3, -0.25) is 0 Å². The monoisotopic (exact) mass is 477 g/mol. The van der Waals surface area contributed by atoms with Gasteiger partial charge in [0.05, 0.1) is 0 Å². The van der Waals surface area contributed by atoms with Crippen LogP contribution in [-0.2, 0) is 0 Å². The maximum absolute atomic E-state index is 2.69. The van der Waals surface area contributed by atoms with Crippen molar-refractivity contribution in [1.82, 2.24) is 9.80 Å².